The predicted octanol–water partition coefficient (Wildman–Crippen LogP) is 3.84. The van der Waals surface area contributed by atoms with Gasteiger partial charge in [-0.3, -0.25) is 4.90 Å². The molecule has 3 aliphatic rings. The fourth-order valence-corrected chi connectivity index (χ4v) is 5.69. The molecule has 2 bridgehead atoms. The number of rotatable bonds is 4. The van der Waals surface area contributed by atoms with E-state index in [0.717, 1.165) is 19.0 Å². The molecule has 2 aliphatic carbocycles. The van der Waals surface area contributed by atoms with E-state index in [-0.39, 0.29) is 5.41 Å². The lowest BCUT2D eigenvalue weighted by atomic mass is 9.59. The van der Waals surface area contributed by atoms with E-state index >= 15 is 0 Å². The molecule has 0 radical (unpaired) electrons. The summed E-state index contributed by atoms with van der Waals surface area (Å²) in [7, 11) is 0. The highest BCUT2D eigenvalue weighted by atomic mass is 16.3. The summed E-state index contributed by atoms with van der Waals surface area (Å²) in [5, 5.41) is 13.8. The van der Waals surface area contributed by atoms with Crippen LogP contribution in [0.2, 0.25) is 0 Å². The quantitative estimate of drug-likeness (QED) is 0.873. The third kappa shape index (κ3) is 3.21. The Morgan fingerprint density at radius 1 is 1.24 bits per heavy atom. The van der Waals surface area contributed by atoms with E-state index in [1.165, 1.54) is 62.7 Å². The molecule has 2 fully saturated rings. The molecule has 25 heavy (non-hydrogen) atoms. The van der Waals surface area contributed by atoms with Gasteiger partial charge in [-0.25, -0.2) is 0 Å². The molecule has 1 heterocycles. The Kier molecular flexibility index (Phi) is 4.81. The van der Waals surface area contributed by atoms with E-state index in [0.29, 0.717) is 17.7 Å². The van der Waals surface area contributed by atoms with Crippen LogP contribution in [0.25, 0.3) is 0 Å². The van der Waals surface area contributed by atoms with Gasteiger partial charge in [0.2, 0.25) is 0 Å². The van der Waals surface area contributed by atoms with E-state index < -0.39 is 0 Å². The maximum Gasteiger partial charge on any atom is 0.115 e. The number of aromatic hydroxyl groups is 1. The summed E-state index contributed by atoms with van der Waals surface area (Å²) in [4.78, 5) is 2.73. The Hall–Kier alpha value is -1.06. The van der Waals surface area contributed by atoms with Gasteiger partial charge < -0.3 is 10.4 Å². The van der Waals surface area contributed by atoms with Crippen LogP contribution >= 0.6 is 0 Å². The largest absolute Gasteiger partial charge is 0.508 e. The number of fused-ring (bicyclic) bond motifs is 4. The first-order valence-electron chi connectivity index (χ1n) is 10.4. The maximum absolute atomic E-state index is 9.96. The predicted molar refractivity (Wildman–Crippen MR) is 103 cm³/mol. The van der Waals surface area contributed by atoms with Crippen molar-refractivity contribution in [3.05, 3.63) is 29.3 Å². The number of likely N-dealkylation sites (tertiary alicyclic amines) is 1. The first kappa shape index (κ1) is 17.4. The molecule has 1 aromatic rings. The zero-order chi connectivity index (χ0) is 17.4. The van der Waals surface area contributed by atoms with Crippen LogP contribution in [0.4, 0.5) is 0 Å². The molecule has 3 atom stereocenters. The normalized spacial score (nSPS) is 33.2. The van der Waals surface area contributed by atoms with Crippen LogP contribution in [-0.2, 0) is 11.8 Å². The molecule has 3 heteroatoms. The van der Waals surface area contributed by atoms with Crippen molar-refractivity contribution in [1.29, 1.82) is 0 Å². The topological polar surface area (TPSA) is 35.5 Å². The summed E-state index contributed by atoms with van der Waals surface area (Å²) < 4.78 is 0. The summed E-state index contributed by atoms with van der Waals surface area (Å²) in [5.74, 6) is 1.06. The number of hydrogen-bond donors (Lipinski definition) is 2. The van der Waals surface area contributed by atoms with Crippen LogP contribution < -0.4 is 5.32 Å². The molecule has 0 spiro atoms. The average Bonchev–Trinajstić information content (AvgIpc) is 2.62. The van der Waals surface area contributed by atoms with Gasteiger partial charge in [0.25, 0.3) is 0 Å². The lowest BCUT2D eigenvalue weighted by Crippen LogP contribution is -2.59. The van der Waals surface area contributed by atoms with Gasteiger partial charge in [-0.05, 0) is 66.8 Å². The standard InChI is InChI=1S/C22H34N2O/c1-16-21-14-17-8-9-19(25)15-20(17)22(16,2)10-12-24(21)13-11-23-18-6-4-3-5-7-18/h8-9,15-16,18,21,23,25H,3-7,10-14H2,1-2H3/t16-,21+,22+/m1/s1. The van der Waals surface area contributed by atoms with Gasteiger partial charge in [0, 0.05) is 25.2 Å². The fourth-order valence-electron chi connectivity index (χ4n) is 5.69. The Labute approximate surface area is 152 Å². The number of nitrogens with one attached hydrogen (secondary N) is 1. The summed E-state index contributed by atoms with van der Waals surface area (Å²) in [5.41, 5.74) is 3.06. The van der Waals surface area contributed by atoms with Crippen molar-refractivity contribution in [2.45, 2.75) is 76.3 Å². The minimum Gasteiger partial charge on any atom is -0.508 e. The second-order valence-electron chi connectivity index (χ2n) is 8.89. The molecule has 2 N–H and O–H groups in total. The van der Waals surface area contributed by atoms with Gasteiger partial charge in [0.05, 0.1) is 0 Å². The van der Waals surface area contributed by atoms with Crippen molar-refractivity contribution < 1.29 is 5.11 Å². The number of hydrogen-bond acceptors (Lipinski definition) is 3. The zero-order valence-electron chi connectivity index (χ0n) is 15.9. The maximum atomic E-state index is 9.96. The van der Waals surface area contributed by atoms with E-state index in [1.807, 2.05) is 12.1 Å². The van der Waals surface area contributed by atoms with Gasteiger partial charge >= 0.3 is 0 Å². The summed E-state index contributed by atoms with van der Waals surface area (Å²) in [6.45, 7) is 8.34. The van der Waals surface area contributed by atoms with Crippen LogP contribution in [-0.4, -0.2) is 41.7 Å². The number of phenols is 1. The van der Waals surface area contributed by atoms with Crippen LogP contribution in [0.15, 0.2) is 18.2 Å². The molecule has 4 rings (SSSR count). The number of piperidine rings is 1. The molecule has 1 saturated carbocycles. The van der Waals surface area contributed by atoms with Crippen molar-refractivity contribution >= 4 is 0 Å². The molecule has 0 aromatic heterocycles. The Balaban J connectivity index is 1.43. The minimum absolute atomic E-state index is 0.213. The highest BCUT2D eigenvalue weighted by molar-refractivity contribution is 5.44. The lowest BCUT2D eigenvalue weighted by Gasteiger charge is -2.54. The molecular weight excluding hydrogens is 308 g/mol. The molecule has 1 saturated heterocycles. The highest BCUT2D eigenvalue weighted by Gasteiger charge is 2.48. The Morgan fingerprint density at radius 2 is 2.04 bits per heavy atom. The van der Waals surface area contributed by atoms with Gasteiger partial charge in [0.1, 0.15) is 5.75 Å². The molecule has 0 amide bonds. The molecule has 1 aliphatic heterocycles. The summed E-state index contributed by atoms with van der Waals surface area (Å²) in [6, 6.07) is 7.46. The van der Waals surface area contributed by atoms with E-state index in [9.17, 15) is 5.11 Å². The number of benzene rings is 1. The van der Waals surface area contributed by atoms with Crippen LogP contribution in [0.3, 0.4) is 0 Å². The van der Waals surface area contributed by atoms with E-state index in [4.69, 9.17) is 0 Å². The van der Waals surface area contributed by atoms with Crippen molar-refractivity contribution in [3.8, 4) is 5.75 Å². The van der Waals surface area contributed by atoms with Gasteiger partial charge in [-0.2, -0.15) is 0 Å². The fraction of sp³-hybridized carbons (Fsp3) is 0.727. The van der Waals surface area contributed by atoms with Crippen molar-refractivity contribution in [2.24, 2.45) is 5.92 Å². The second-order valence-corrected chi connectivity index (χ2v) is 8.89. The monoisotopic (exact) mass is 342 g/mol. The molecular formula is C22H34N2O. The zero-order valence-corrected chi connectivity index (χ0v) is 15.9. The van der Waals surface area contributed by atoms with Crippen LogP contribution in [0.5, 0.6) is 5.75 Å². The van der Waals surface area contributed by atoms with E-state index in [1.54, 1.807) is 0 Å². The third-order valence-electron chi connectivity index (χ3n) is 7.54. The van der Waals surface area contributed by atoms with E-state index in [2.05, 4.69) is 30.1 Å². The molecule has 138 valence electrons. The minimum atomic E-state index is 0.213. The average molecular weight is 343 g/mol. The smallest absolute Gasteiger partial charge is 0.115 e. The number of phenolic OH excluding ortho intramolecular Hbond substituents is 1. The number of nitrogens with zero attached hydrogens (tertiary/aromatic N) is 1. The van der Waals surface area contributed by atoms with Crippen molar-refractivity contribution in [1.82, 2.24) is 10.2 Å². The summed E-state index contributed by atoms with van der Waals surface area (Å²) >= 11 is 0. The van der Waals surface area contributed by atoms with Crippen molar-refractivity contribution in [3.63, 3.8) is 0 Å². The molecule has 3 nitrogen and oxygen atoms in total. The lowest BCUT2D eigenvalue weighted by molar-refractivity contribution is 0.0315. The van der Waals surface area contributed by atoms with Gasteiger partial charge in [0.15, 0.2) is 0 Å². The first-order chi connectivity index (χ1) is 12.1. The molecule has 1 aromatic carbocycles. The van der Waals surface area contributed by atoms with Crippen molar-refractivity contribution in [2.75, 3.05) is 19.6 Å². The SMILES string of the molecule is C[C@@H]1[C@@H]2Cc3ccc(O)cc3[C@@]1(C)CCN2CCNC1CCCCC1. The second kappa shape index (κ2) is 6.92. The van der Waals surface area contributed by atoms with Crippen LogP contribution in [0.1, 0.15) is 63.5 Å². The Morgan fingerprint density at radius 3 is 2.84 bits per heavy atom. The Bertz CT molecular complexity index is 610. The van der Waals surface area contributed by atoms with Crippen LogP contribution in [0, 0.1) is 5.92 Å². The highest BCUT2D eigenvalue weighted by Crippen LogP contribution is 2.49. The third-order valence-corrected chi connectivity index (χ3v) is 7.54. The van der Waals surface area contributed by atoms with Gasteiger partial charge in [-0.1, -0.05) is 39.2 Å². The van der Waals surface area contributed by atoms with Gasteiger partial charge in [-0.15, -0.1) is 0 Å². The first-order valence-corrected chi connectivity index (χ1v) is 10.4. The molecule has 0 unspecified atom stereocenters. The summed E-state index contributed by atoms with van der Waals surface area (Å²) in [6.07, 6.45) is 9.31.